The van der Waals surface area contributed by atoms with Gasteiger partial charge in [0, 0.05) is 12.2 Å². The van der Waals surface area contributed by atoms with Gasteiger partial charge in [0.05, 0.1) is 18.7 Å². The standard InChI is InChI=1S/C19H26N2O3/c1-7-21-12(2)15(17(22)24-6)16(20-18(21)23)13-8-10-14(11-9-13)19(3,4)5/h8-11,16H,7H2,1-6H3,(H,20,23)/t16-/m1/s1. The van der Waals surface area contributed by atoms with Crippen molar-refractivity contribution in [2.45, 2.75) is 46.1 Å². The van der Waals surface area contributed by atoms with Crippen molar-refractivity contribution >= 4 is 12.0 Å². The molecule has 1 N–H and O–H groups in total. The smallest absolute Gasteiger partial charge is 0.337 e. The van der Waals surface area contributed by atoms with Crippen LogP contribution in [-0.2, 0) is 14.9 Å². The Labute approximate surface area is 143 Å². The average Bonchev–Trinajstić information content (AvgIpc) is 2.53. The van der Waals surface area contributed by atoms with Gasteiger partial charge in [-0.25, -0.2) is 9.59 Å². The maximum absolute atomic E-state index is 12.3. The van der Waals surface area contributed by atoms with E-state index in [4.69, 9.17) is 4.74 Å². The molecule has 1 aromatic carbocycles. The zero-order valence-electron chi connectivity index (χ0n) is 15.3. The molecule has 0 aromatic heterocycles. The molecule has 24 heavy (non-hydrogen) atoms. The second kappa shape index (κ2) is 6.67. The lowest BCUT2D eigenvalue weighted by Gasteiger charge is -2.34. The topological polar surface area (TPSA) is 58.6 Å². The third-order valence-electron chi connectivity index (χ3n) is 4.43. The molecule has 130 valence electrons. The lowest BCUT2D eigenvalue weighted by molar-refractivity contribution is -0.136. The summed E-state index contributed by atoms with van der Waals surface area (Å²) in [4.78, 5) is 26.2. The molecule has 1 heterocycles. The molecule has 1 aliphatic rings. The highest BCUT2D eigenvalue weighted by atomic mass is 16.5. The summed E-state index contributed by atoms with van der Waals surface area (Å²) in [6.07, 6.45) is 0. The van der Waals surface area contributed by atoms with E-state index in [1.54, 1.807) is 11.8 Å². The number of esters is 1. The van der Waals surface area contributed by atoms with Gasteiger partial charge in [-0.1, -0.05) is 45.0 Å². The van der Waals surface area contributed by atoms with Crippen molar-refractivity contribution in [2.75, 3.05) is 13.7 Å². The molecule has 0 unspecified atom stereocenters. The summed E-state index contributed by atoms with van der Waals surface area (Å²) in [5, 5.41) is 2.92. The fourth-order valence-corrected chi connectivity index (χ4v) is 2.96. The van der Waals surface area contributed by atoms with Crippen LogP contribution in [0.3, 0.4) is 0 Å². The van der Waals surface area contributed by atoms with Crippen LogP contribution in [-0.4, -0.2) is 30.6 Å². The summed E-state index contributed by atoms with van der Waals surface area (Å²) >= 11 is 0. The maximum atomic E-state index is 12.3. The average molecular weight is 330 g/mol. The highest BCUT2D eigenvalue weighted by molar-refractivity contribution is 5.94. The Kier molecular flexibility index (Phi) is 5.02. The summed E-state index contributed by atoms with van der Waals surface area (Å²) < 4.78 is 4.94. The number of hydrogen-bond acceptors (Lipinski definition) is 3. The molecular weight excluding hydrogens is 304 g/mol. The molecule has 5 nitrogen and oxygen atoms in total. The lowest BCUT2D eigenvalue weighted by Crippen LogP contribution is -2.47. The number of hydrogen-bond donors (Lipinski definition) is 1. The third-order valence-corrected chi connectivity index (χ3v) is 4.43. The molecule has 2 amide bonds. The van der Waals surface area contributed by atoms with Crippen LogP contribution in [0.1, 0.15) is 51.8 Å². The number of nitrogens with zero attached hydrogens (tertiary/aromatic N) is 1. The number of carbonyl (C=O) groups excluding carboxylic acids is 2. The Bertz CT molecular complexity index is 669. The molecule has 0 aliphatic carbocycles. The molecule has 2 rings (SSSR count). The number of allylic oxidation sites excluding steroid dienone is 1. The minimum absolute atomic E-state index is 0.0459. The van der Waals surface area contributed by atoms with Gasteiger partial charge < -0.3 is 10.1 Å². The van der Waals surface area contributed by atoms with Gasteiger partial charge in [0.25, 0.3) is 0 Å². The van der Waals surface area contributed by atoms with Crippen molar-refractivity contribution in [1.82, 2.24) is 10.2 Å². The third kappa shape index (κ3) is 3.30. The Balaban J connectivity index is 2.49. The van der Waals surface area contributed by atoms with Gasteiger partial charge in [-0.2, -0.15) is 0 Å². The Hall–Kier alpha value is -2.30. The van der Waals surface area contributed by atoms with Crippen LogP contribution in [0.25, 0.3) is 0 Å². The van der Waals surface area contributed by atoms with Gasteiger partial charge in [0.15, 0.2) is 0 Å². The van der Waals surface area contributed by atoms with E-state index in [1.165, 1.54) is 12.7 Å². The number of nitrogens with one attached hydrogen (secondary N) is 1. The van der Waals surface area contributed by atoms with E-state index in [1.807, 2.05) is 31.2 Å². The van der Waals surface area contributed by atoms with Crippen LogP contribution in [0, 0.1) is 0 Å². The first-order valence-electron chi connectivity index (χ1n) is 8.18. The Morgan fingerprint density at radius 3 is 2.29 bits per heavy atom. The van der Waals surface area contributed by atoms with E-state index in [9.17, 15) is 9.59 Å². The van der Waals surface area contributed by atoms with Crippen LogP contribution in [0.5, 0.6) is 0 Å². The maximum Gasteiger partial charge on any atom is 0.337 e. The fourth-order valence-electron chi connectivity index (χ4n) is 2.96. The van der Waals surface area contributed by atoms with Gasteiger partial charge in [0.1, 0.15) is 0 Å². The van der Waals surface area contributed by atoms with Gasteiger partial charge in [-0.3, -0.25) is 4.90 Å². The molecule has 1 atom stereocenters. The van der Waals surface area contributed by atoms with E-state index in [0.29, 0.717) is 17.8 Å². The second-order valence-corrected chi connectivity index (χ2v) is 6.99. The van der Waals surface area contributed by atoms with Gasteiger partial charge >= 0.3 is 12.0 Å². The van der Waals surface area contributed by atoms with Crippen molar-refractivity contribution in [3.63, 3.8) is 0 Å². The molecule has 0 saturated carbocycles. The first kappa shape index (κ1) is 18.0. The van der Waals surface area contributed by atoms with Crippen molar-refractivity contribution in [3.8, 4) is 0 Å². The summed E-state index contributed by atoms with van der Waals surface area (Å²) in [6.45, 7) is 10.6. The van der Waals surface area contributed by atoms with Crippen molar-refractivity contribution in [3.05, 3.63) is 46.7 Å². The first-order chi connectivity index (χ1) is 11.2. The van der Waals surface area contributed by atoms with Crippen LogP contribution in [0.15, 0.2) is 35.5 Å². The fraction of sp³-hybridized carbons (Fsp3) is 0.474. The Morgan fingerprint density at radius 2 is 1.83 bits per heavy atom. The highest BCUT2D eigenvalue weighted by Gasteiger charge is 2.35. The lowest BCUT2D eigenvalue weighted by atomic mass is 9.85. The van der Waals surface area contributed by atoms with E-state index in [-0.39, 0.29) is 11.4 Å². The first-order valence-corrected chi connectivity index (χ1v) is 8.18. The number of carbonyl (C=O) groups is 2. The largest absolute Gasteiger partial charge is 0.466 e. The molecule has 0 saturated heterocycles. The zero-order chi connectivity index (χ0) is 18.1. The second-order valence-electron chi connectivity index (χ2n) is 6.99. The SMILES string of the molecule is CCN1C(=O)N[C@H](c2ccc(C(C)(C)C)cc2)C(C(=O)OC)=C1C. The monoisotopic (exact) mass is 330 g/mol. The normalized spacial score (nSPS) is 18.5. The van der Waals surface area contributed by atoms with E-state index in [2.05, 4.69) is 26.1 Å². The van der Waals surface area contributed by atoms with E-state index >= 15 is 0 Å². The van der Waals surface area contributed by atoms with E-state index < -0.39 is 12.0 Å². The molecule has 1 aromatic rings. The number of urea groups is 1. The van der Waals surface area contributed by atoms with Crippen LogP contribution in [0.2, 0.25) is 0 Å². The molecule has 1 aliphatic heterocycles. The van der Waals surface area contributed by atoms with Gasteiger partial charge in [0.2, 0.25) is 0 Å². The molecule has 0 fully saturated rings. The zero-order valence-corrected chi connectivity index (χ0v) is 15.3. The van der Waals surface area contributed by atoms with Gasteiger partial charge in [-0.05, 0) is 30.4 Å². The predicted octanol–water partition coefficient (Wildman–Crippen LogP) is 3.52. The van der Waals surface area contributed by atoms with Crippen LogP contribution in [0.4, 0.5) is 4.79 Å². The molecule has 0 radical (unpaired) electrons. The molecule has 5 heteroatoms. The van der Waals surface area contributed by atoms with E-state index in [0.717, 1.165) is 5.56 Å². The Morgan fingerprint density at radius 1 is 1.25 bits per heavy atom. The van der Waals surface area contributed by atoms with Gasteiger partial charge in [-0.15, -0.1) is 0 Å². The number of ether oxygens (including phenoxy) is 1. The number of benzene rings is 1. The summed E-state index contributed by atoms with van der Waals surface area (Å²) in [7, 11) is 1.36. The minimum Gasteiger partial charge on any atom is -0.466 e. The predicted molar refractivity (Wildman–Crippen MR) is 93.5 cm³/mol. The summed E-state index contributed by atoms with van der Waals surface area (Å²) in [6, 6.07) is 7.30. The molecular formula is C19H26N2O3. The van der Waals surface area contributed by atoms with Crippen LogP contribution < -0.4 is 5.32 Å². The summed E-state index contributed by atoms with van der Waals surface area (Å²) in [5.41, 5.74) is 3.22. The minimum atomic E-state index is -0.498. The van der Waals surface area contributed by atoms with Crippen LogP contribution >= 0.6 is 0 Å². The van der Waals surface area contributed by atoms with Crippen molar-refractivity contribution < 1.29 is 14.3 Å². The van der Waals surface area contributed by atoms with Crippen molar-refractivity contribution in [2.24, 2.45) is 0 Å². The quantitative estimate of drug-likeness (QED) is 0.863. The molecule has 0 spiro atoms. The highest BCUT2D eigenvalue weighted by Crippen LogP contribution is 2.32. The molecule has 0 bridgehead atoms. The van der Waals surface area contributed by atoms with Crippen molar-refractivity contribution in [1.29, 1.82) is 0 Å². The summed E-state index contributed by atoms with van der Waals surface area (Å²) in [5.74, 6) is -0.421. The number of amides is 2. The number of rotatable bonds is 3. The number of methoxy groups -OCH3 is 1.